The fraction of sp³-hybridized carbons (Fsp3) is 0.348. The van der Waals surface area contributed by atoms with Crippen molar-refractivity contribution in [1.82, 2.24) is 25.2 Å². The molecule has 1 fully saturated rings. The van der Waals surface area contributed by atoms with Crippen LogP contribution in [0.15, 0.2) is 47.0 Å². The molecule has 0 saturated heterocycles. The van der Waals surface area contributed by atoms with Crippen LogP contribution < -0.4 is 5.32 Å². The number of benzene rings is 2. The molecule has 30 heavy (non-hydrogen) atoms. The van der Waals surface area contributed by atoms with Crippen molar-refractivity contribution in [3.63, 3.8) is 0 Å². The van der Waals surface area contributed by atoms with E-state index in [0.29, 0.717) is 18.4 Å². The summed E-state index contributed by atoms with van der Waals surface area (Å²) in [6, 6.07) is 14.2. The minimum Gasteiger partial charge on any atom is -0.356 e. The topological polar surface area (TPSA) is 68.8 Å². The van der Waals surface area contributed by atoms with Crippen molar-refractivity contribution < 1.29 is 4.52 Å². The van der Waals surface area contributed by atoms with Gasteiger partial charge in [0.1, 0.15) is 5.82 Å². The molecule has 0 radical (unpaired) electrons. The molecule has 3 heterocycles. The summed E-state index contributed by atoms with van der Waals surface area (Å²) in [6.07, 6.45) is 4.30. The first-order valence-corrected chi connectivity index (χ1v) is 10.9. The molecule has 6 nitrogen and oxygen atoms in total. The standard InChI is InChI=1S/C23H22ClN5O/c24-17-9-10-19-16(11-17)12-25-13-21-26-27-23(29(19)21)15-7-5-14(6-8-15)22-18-3-1-2-4-20(18)30-28-22/h1-4,9-11,14-15,25H,5-8,12-13H2/t14-,15-. The monoisotopic (exact) mass is 419 g/mol. The van der Waals surface area contributed by atoms with Gasteiger partial charge in [0.15, 0.2) is 11.4 Å². The normalized spacial score (nSPS) is 21.2. The Morgan fingerprint density at radius 2 is 1.80 bits per heavy atom. The Balaban J connectivity index is 1.29. The molecular formula is C23H22ClN5O. The summed E-state index contributed by atoms with van der Waals surface area (Å²) in [4.78, 5) is 0. The van der Waals surface area contributed by atoms with Crippen molar-refractivity contribution in [3.8, 4) is 5.69 Å². The van der Waals surface area contributed by atoms with E-state index in [-0.39, 0.29) is 0 Å². The second-order valence-corrected chi connectivity index (χ2v) is 8.74. The third kappa shape index (κ3) is 2.94. The first-order chi connectivity index (χ1) is 14.8. The molecule has 0 atom stereocenters. The maximum atomic E-state index is 6.24. The van der Waals surface area contributed by atoms with E-state index in [4.69, 9.17) is 16.1 Å². The summed E-state index contributed by atoms with van der Waals surface area (Å²) in [5.41, 5.74) is 4.31. The minimum absolute atomic E-state index is 0.391. The van der Waals surface area contributed by atoms with E-state index >= 15 is 0 Å². The van der Waals surface area contributed by atoms with Crippen LogP contribution in [-0.2, 0) is 13.1 Å². The van der Waals surface area contributed by atoms with Gasteiger partial charge in [0.25, 0.3) is 0 Å². The Morgan fingerprint density at radius 1 is 0.967 bits per heavy atom. The van der Waals surface area contributed by atoms with Gasteiger partial charge in [-0.1, -0.05) is 28.9 Å². The molecule has 0 amide bonds. The molecule has 0 spiro atoms. The molecule has 2 aromatic heterocycles. The van der Waals surface area contributed by atoms with Gasteiger partial charge in [0, 0.05) is 28.8 Å². The van der Waals surface area contributed by atoms with Gasteiger partial charge >= 0.3 is 0 Å². The smallest absolute Gasteiger partial charge is 0.167 e. The lowest BCUT2D eigenvalue weighted by atomic mass is 9.79. The summed E-state index contributed by atoms with van der Waals surface area (Å²) < 4.78 is 7.80. The summed E-state index contributed by atoms with van der Waals surface area (Å²) in [5, 5.41) is 18.9. The molecule has 0 unspecified atom stereocenters. The molecule has 1 saturated carbocycles. The number of aromatic nitrogens is 4. The summed E-state index contributed by atoms with van der Waals surface area (Å²) in [6.45, 7) is 1.49. The van der Waals surface area contributed by atoms with E-state index in [9.17, 15) is 0 Å². The third-order valence-corrected chi connectivity index (χ3v) is 6.76. The highest BCUT2D eigenvalue weighted by atomic mass is 35.5. The average molecular weight is 420 g/mol. The van der Waals surface area contributed by atoms with Crippen LogP contribution in [-0.4, -0.2) is 19.9 Å². The lowest BCUT2D eigenvalue weighted by Gasteiger charge is -2.27. The number of rotatable bonds is 2. The number of fused-ring (bicyclic) bond motifs is 4. The molecule has 1 aliphatic heterocycles. The molecule has 4 aromatic rings. The molecule has 152 valence electrons. The van der Waals surface area contributed by atoms with Gasteiger partial charge in [-0.15, -0.1) is 10.2 Å². The quantitative estimate of drug-likeness (QED) is 0.489. The Morgan fingerprint density at radius 3 is 2.70 bits per heavy atom. The van der Waals surface area contributed by atoms with Crippen LogP contribution in [0.3, 0.4) is 0 Å². The number of halogens is 1. The van der Waals surface area contributed by atoms with Crippen LogP contribution in [0.1, 0.15) is 60.4 Å². The zero-order valence-electron chi connectivity index (χ0n) is 16.5. The van der Waals surface area contributed by atoms with Crippen molar-refractivity contribution in [2.75, 3.05) is 0 Å². The first-order valence-electron chi connectivity index (χ1n) is 10.6. The van der Waals surface area contributed by atoms with Crippen LogP contribution in [0, 0.1) is 0 Å². The average Bonchev–Trinajstić information content (AvgIpc) is 3.34. The Kier molecular flexibility index (Phi) is 4.35. The highest BCUT2D eigenvalue weighted by Gasteiger charge is 2.31. The highest BCUT2D eigenvalue weighted by Crippen LogP contribution is 2.42. The van der Waals surface area contributed by atoms with Gasteiger partial charge in [-0.05, 0) is 61.6 Å². The predicted octanol–water partition coefficient (Wildman–Crippen LogP) is 5.11. The number of nitrogens with zero attached hydrogens (tertiary/aromatic N) is 4. The van der Waals surface area contributed by atoms with E-state index in [1.807, 2.05) is 24.3 Å². The molecule has 1 N–H and O–H groups in total. The van der Waals surface area contributed by atoms with E-state index in [0.717, 1.165) is 71.3 Å². The number of para-hydroxylation sites is 1. The van der Waals surface area contributed by atoms with Crippen LogP contribution in [0.2, 0.25) is 5.02 Å². The zero-order valence-corrected chi connectivity index (χ0v) is 17.3. The lowest BCUT2D eigenvalue weighted by molar-refractivity contribution is 0.360. The largest absolute Gasteiger partial charge is 0.356 e. The van der Waals surface area contributed by atoms with Crippen LogP contribution in [0.4, 0.5) is 0 Å². The van der Waals surface area contributed by atoms with Gasteiger partial charge in [-0.2, -0.15) is 0 Å². The van der Waals surface area contributed by atoms with Gasteiger partial charge in [-0.3, -0.25) is 4.57 Å². The number of nitrogens with one attached hydrogen (secondary N) is 1. The van der Waals surface area contributed by atoms with Crippen LogP contribution >= 0.6 is 11.6 Å². The molecule has 6 rings (SSSR count). The fourth-order valence-corrected chi connectivity index (χ4v) is 5.21. The zero-order chi connectivity index (χ0) is 20.1. The lowest BCUT2D eigenvalue weighted by Crippen LogP contribution is -2.17. The predicted molar refractivity (Wildman–Crippen MR) is 115 cm³/mol. The van der Waals surface area contributed by atoms with Crippen molar-refractivity contribution in [1.29, 1.82) is 0 Å². The molecule has 0 bridgehead atoms. The number of hydrogen-bond donors (Lipinski definition) is 1. The Labute approximate surface area is 179 Å². The van der Waals surface area contributed by atoms with E-state index in [1.165, 1.54) is 5.56 Å². The van der Waals surface area contributed by atoms with Crippen molar-refractivity contribution >= 4 is 22.6 Å². The summed E-state index contributed by atoms with van der Waals surface area (Å²) in [7, 11) is 0. The van der Waals surface area contributed by atoms with Crippen molar-refractivity contribution in [2.24, 2.45) is 0 Å². The molecule has 7 heteroatoms. The minimum atomic E-state index is 0.391. The van der Waals surface area contributed by atoms with Gasteiger partial charge in [-0.25, -0.2) is 0 Å². The van der Waals surface area contributed by atoms with Gasteiger partial charge in [0.05, 0.1) is 17.9 Å². The second kappa shape index (κ2) is 7.22. The Hall–Kier alpha value is -2.70. The summed E-state index contributed by atoms with van der Waals surface area (Å²) in [5.74, 6) is 2.86. The van der Waals surface area contributed by atoms with Crippen molar-refractivity contribution in [2.45, 2.75) is 50.6 Å². The van der Waals surface area contributed by atoms with Gasteiger partial charge < -0.3 is 9.84 Å². The van der Waals surface area contributed by atoms with Gasteiger partial charge in [0.2, 0.25) is 0 Å². The Bertz CT molecular complexity index is 1220. The second-order valence-electron chi connectivity index (χ2n) is 8.30. The third-order valence-electron chi connectivity index (χ3n) is 6.52. The molecule has 2 aromatic carbocycles. The highest BCUT2D eigenvalue weighted by molar-refractivity contribution is 6.30. The molecule has 1 aliphatic carbocycles. The van der Waals surface area contributed by atoms with Crippen molar-refractivity contribution in [3.05, 3.63) is 70.4 Å². The van der Waals surface area contributed by atoms with Crippen LogP contribution in [0.25, 0.3) is 16.7 Å². The van der Waals surface area contributed by atoms with Crippen LogP contribution in [0.5, 0.6) is 0 Å². The summed E-state index contributed by atoms with van der Waals surface area (Å²) >= 11 is 6.24. The molecule has 2 aliphatic rings. The maximum Gasteiger partial charge on any atom is 0.167 e. The maximum absolute atomic E-state index is 6.24. The van der Waals surface area contributed by atoms with E-state index in [2.05, 4.69) is 43.4 Å². The number of hydrogen-bond acceptors (Lipinski definition) is 5. The fourth-order valence-electron chi connectivity index (χ4n) is 5.02. The van der Waals surface area contributed by atoms with E-state index in [1.54, 1.807) is 0 Å². The van der Waals surface area contributed by atoms with E-state index < -0.39 is 0 Å². The molecular weight excluding hydrogens is 398 g/mol. The first kappa shape index (κ1) is 18.1. The SMILES string of the molecule is Clc1ccc2c(c1)CNCc1nnc([C@H]3CC[C@H](c4noc5ccccc54)CC3)n1-2.